The molecule has 1 amide bonds. The van der Waals surface area contributed by atoms with Crippen molar-refractivity contribution in [1.82, 2.24) is 4.90 Å². The van der Waals surface area contributed by atoms with Gasteiger partial charge in [-0.3, -0.25) is 0 Å². The fraction of sp³-hybridized carbons (Fsp3) is 0.263. The summed E-state index contributed by atoms with van der Waals surface area (Å²) in [6.45, 7) is 2.46. The van der Waals surface area contributed by atoms with Crippen LogP contribution in [0.5, 0.6) is 0 Å². The van der Waals surface area contributed by atoms with Crippen LogP contribution in [0.4, 0.5) is 4.79 Å². The molecular weight excluding hydrogens is 370 g/mol. The van der Waals surface area contributed by atoms with Crippen LogP contribution in [-0.2, 0) is 22.7 Å². The Kier molecular flexibility index (Phi) is 7.00. The first-order valence-electron chi connectivity index (χ1n) is 7.75. The van der Waals surface area contributed by atoms with Gasteiger partial charge in [0.25, 0.3) is 0 Å². The largest absolute Gasteiger partial charge is 0.445 e. The smallest absolute Gasteiger partial charge is 0.410 e. The second-order valence-electron chi connectivity index (χ2n) is 5.55. The van der Waals surface area contributed by atoms with Crippen molar-refractivity contribution < 1.29 is 14.3 Å². The second kappa shape index (κ2) is 9.23. The van der Waals surface area contributed by atoms with Crippen LogP contribution < -0.4 is 0 Å². The number of benzene rings is 2. The summed E-state index contributed by atoms with van der Waals surface area (Å²) in [4.78, 5) is 24.9. The van der Waals surface area contributed by atoms with Crippen LogP contribution in [0.3, 0.4) is 0 Å². The maximum absolute atomic E-state index is 12.5. The van der Waals surface area contributed by atoms with Crippen LogP contribution in [0.25, 0.3) is 0 Å². The van der Waals surface area contributed by atoms with E-state index in [0.717, 1.165) is 21.9 Å². The van der Waals surface area contributed by atoms with Gasteiger partial charge in [-0.05, 0) is 30.2 Å². The predicted octanol–water partition coefficient (Wildman–Crippen LogP) is 4.57. The Hall–Kier alpha value is -2.14. The van der Waals surface area contributed by atoms with Gasteiger partial charge in [-0.15, -0.1) is 0 Å². The van der Waals surface area contributed by atoms with Crippen LogP contribution in [0.1, 0.15) is 24.5 Å². The molecule has 2 aromatic rings. The third kappa shape index (κ3) is 5.49. The zero-order valence-corrected chi connectivity index (χ0v) is 15.1. The van der Waals surface area contributed by atoms with Crippen molar-refractivity contribution in [3.05, 3.63) is 70.2 Å². The van der Waals surface area contributed by atoms with E-state index in [9.17, 15) is 9.59 Å². The molecule has 5 heteroatoms. The Morgan fingerprint density at radius 2 is 1.79 bits per heavy atom. The lowest BCUT2D eigenvalue weighted by Crippen LogP contribution is -2.38. The zero-order chi connectivity index (χ0) is 17.4. The molecule has 0 bridgehead atoms. The van der Waals surface area contributed by atoms with Gasteiger partial charge in [0, 0.05) is 23.5 Å². The van der Waals surface area contributed by atoms with Crippen molar-refractivity contribution in [3.8, 4) is 0 Å². The van der Waals surface area contributed by atoms with Gasteiger partial charge in [-0.2, -0.15) is 0 Å². The molecule has 24 heavy (non-hydrogen) atoms. The molecule has 0 aliphatic carbocycles. The fourth-order valence-electron chi connectivity index (χ4n) is 2.26. The van der Waals surface area contributed by atoms with Crippen molar-refractivity contribution in [2.24, 2.45) is 0 Å². The third-order valence-electron chi connectivity index (χ3n) is 3.68. The Morgan fingerprint density at radius 3 is 2.42 bits per heavy atom. The molecule has 0 aliphatic heterocycles. The van der Waals surface area contributed by atoms with E-state index < -0.39 is 6.09 Å². The van der Waals surface area contributed by atoms with Crippen LogP contribution in [0.15, 0.2) is 59.1 Å². The summed E-state index contributed by atoms with van der Waals surface area (Å²) in [6.07, 6.45) is 0.678. The highest BCUT2D eigenvalue weighted by atomic mass is 79.9. The number of aldehydes is 1. The molecule has 2 rings (SSSR count). The molecule has 2 aromatic carbocycles. The number of hydrogen-bond acceptors (Lipinski definition) is 3. The summed E-state index contributed by atoms with van der Waals surface area (Å²) in [5, 5.41) is 0. The summed E-state index contributed by atoms with van der Waals surface area (Å²) < 4.78 is 6.39. The molecule has 0 saturated carbocycles. The number of rotatable bonds is 7. The highest BCUT2D eigenvalue weighted by Gasteiger charge is 2.21. The van der Waals surface area contributed by atoms with E-state index >= 15 is 0 Å². The predicted molar refractivity (Wildman–Crippen MR) is 96.5 cm³/mol. The SMILES string of the molecule is C[C@@H](CC=O)N(Cc1ccc(Br)cc1)C(=O)OCc1ccccc1. The molecule has 0 aromatic heterocycles. The number of halogens is 1. The van der Waals surface area contributed by atoms with Crippen LogP contribution >= 0.6 is 15.9 Å². The van der Waals surface area contributed by atoms with Gasteiger partial charge in [-0.25, -0.2) is 4.79 Å². The quantitative estimate of drug-likeness (QED) is 0.651. The van der Waals surface area contributed by atoms with Gasteiger partial charge in [0.15, 0.2) is 0 Å². The minimum Gasteiger partial charge on any atom is -0.445 e. The molecule has 0 heterocycles. The average Bonchev–Trinajstić information content (AvgIpc) is 2.60. The lowest BCUT2D eigenvalue weighted by atomic mass is 10.1. The van der Waals surface area contributed by atoms with E-state index in [1.165, 1.54) is 0 Å². The van der Waals surface area contributed by atoms with E-state index in [1.54, 1.807) is 4.90 Å². The van der Waals surface area contributed by atoms with E-state index in [4.69, 9.17) is 4.74 Å². The standard InChI is InChI=1S/C19H20BrNO3/c1-15(11-12-22)21(13-16-7-9-18(20)10-8-16)19(23)24-14-17-5-3-2-4-6-17/h2-10,12,15H,11,13-14H2,1H3/t15-/m0/s1. The maximum atomic E-state index is 12.5. The number of amides is 1. The van der Waals surface area contributed by atoms with Crippen molar-refractivity contribution in [2.75, 3.05) is 0 Å². The number of carbonyl (C=O) groups excluding carboxylic acids is 2. The first-order valence-corrected chi connectivity index (χ1v) is 8.55. The first-order chi connectivity index (χ1) is 11.6. The van der Waals surface area contributed by atoms with E-state index in [2.05, 4.69) is 15.9 Å². The van der Waals surface area contributed by atoms with Gasteiger partial charge in [0.05, 0.1) is 0 Å². The molecule has 0 spiro atoms. The lowest BCUT2D eigenvalue weighted by Gasteiger charge is -2.27. The highest BCUT2D eigenvalue weighted by Crippen LogP contribution is 2.16. The Balaban J connectivity index is 2.05. The van der Waals surface area contributed by atoms with Crippen molar-refractivity contribution in [3.63, 3.8) is 0 Å². The van der Waals surface area contributed by atoms with E-state index in [0.29, 0.717) is 6.54 Å². The maximum Gasteiger partial charge on any atom is 0.410 e. The fourth-order valence-corrected chi connectivity index (χ4v) is 2.52. The topological polar surface area (TPSA) is 46.6 Å². The zero-order valence-electron chi connectivity index (χ0n) is 13.5. The third-order valence-corrected chi connectivity index (χ3v) is 4.20. The van der Waals surface area contributed by atoms with Crippen LogP contribution in [0.2, 0.25) is 0 Å². The molecule has 0 unspecified atom stereocenters. The monoisotopic (exact) mass is 389 g/mol. The summed E-state index contributed by atoms with van der Waals surface area (Å²) in [6, 6.07) is 17.0. The summed E-state index contributed by atoms with van der Waals surface area (Å²) >= 11 is 3.39. The van der Waals surface area contributed by atoms with Gasteiger partial charge < -0.3 is 14.4 Å². The minimum atomic E-state index is -0.420. The number of hydrogen-bond donors (Lipinski definition) is 0. The molecular formula is C19H20BrNO3. The molecule has 0 saturated heterocycles. The van der Waals surface area contributed by atoms with Crippen molar-refractivity contribution in [1.29, 1.82) is 0 Å². The first kappa shape index (κ1) is 18.2. The Bertz CT molecular complexity index is 658. The normalized spacial score (nSPS) is 11.6. The number of nitrogens with zero attached hydrogens (tertiary/aromatic N) is 1. The van der Waals surface area contributed by atoms with Crippen molar-refractivity contribution in [2.45, 2.75) is 32.5 Å². The molecule has 126 valence electrons. The highest BCUT2D eigenvalue weighted by molar-refractivity contribution is 9.10. The summed E-state index contributed by atoms with van der Waals surface area (Å²) in [7, 11) is 0. The second-order valence-corrected chi connectivity index (χ2v) is 6.46. The van der Waals surface area contributed by atoms with Crippen LogP contribution in [-0.4, -0.2) is 23.3 Å². The average molecular weight is 390 g/mol. The van der Waals surface area contributed by atoms with Gasteiger partial charge in [0.2, 0.25) is 0 Å². The minimum absolute atomic E-state index is 0.213. The number of carbonyl (C=O) groups is 2. The van der Waals surface area contributed by atoms with Gasteiger partial charge >= 0.3 is 6.09 Å². The lowest BCUT2D eigenvalue weighted by molar-refractivity contribution is -0.108. The summed E-state index contributed by atoms with van der Waals surface area (Å²) in [5.74, 6) is 0. The Labute approximate surface area is 150 Å². The number of ether oxygens (including phenoxy) is 1. The Morgan fingerprint density at radius 1 is 1.12 bits per heavy atom. The van der Waals surface area contributed by atoms with Gasteiger partial charge in [0.1, 0.15) is 12.9 Å². The van der Waals surface area contributed by atoms with Crippen LogP contribution in [0, 0.1) is 0 Å². The molecule has 4 nitrogen and oxygen atoms in total. The van der Waals surface area contributed by atoms with Crippen molar-refractivity contribution >= 4 is 28.3 Å². The molecule has 0 radical (unpaired) electrons. The van der Waals surface area contributed by atoms with E-state index in [1.807, 2.05) is 61.5 Å². The summed E-state index contributed by atoms with van der Waals surface area (Å²) in [5.41, 5.74) is 1.91. The molecule has 0 aliphatic rings. The van der Waals surface area contributed by atoms with Gasteiger partial charge in [-0.1, -0.05) is 58.4 Å². The van der Waals surface area contributed by atoms with E-state index in [-0.39, 0.29) is 19.1 Å². The molecule has 1 atom stereocenters. The molecule has 0 N–H and O–H groups in total. The molecule has 0 fully saturated rings.